The van der Waals surface area contributed by atoms with Crippen molar-refractivity contribution in [2.45, 2.75) is 40.9 Å². The average molecular weight is 355 g/mol. The number of nitrogens with zero attached hydrogens (tertiary/aromatic N) is 1. The van der Waals surface area contributed by atoms with Crippen LogP contribution in [0.3, 0.4) is 0 Å². The monoisotopic (exact) mass is 354 g/mol. The number of hydrogen-bond donors (Lipinski definition) is 0. The molecule has 0 bridgehead atoms. The van der Waals surface area contributed by atoms with E-state index in [1.54, 1.807) is 42.9 Å². The molecule has 0 spiro atoms. The van der Waals surface area contributed by atoms with Gasteiger partial charge in [-0.2, -0.15) is 0 Å². The first-order chi connectivity index (χ1) is 16.3. The Bertz CT molecular complexity index is 1320. The molecule has 0 saturated heterocycles. The lowest BCUT2D eigenvalue weighted by Gasteiger charge is -2.17. The van der Waals surface area contributed by atoms with Gasteiger partial charge in [0.1, 0.15) is 7.05 Å². The maximum Gasteiger partial charge on any atom is 0.212 e. The Morgan fingerprint density at radius 2 is 1.77 bits per heavy atom. The molecule has 0 unspecified atom stereocenters. The van der Waals surface area contributed by atoms with Crippen LogP contribution in [0.2, 0.25) is 0 Å². The molecule has 0 N–H and O–H groups in total. The van der Waals surface area contributed by atoms with E-state index in [4.69, 9.17) is 13.7 Å². The Labute approximate surface area is 172 Å². The number of rotatable bonds is 3. The molecule has 3 aromatic rings. The van der Waals surface area contributed by atoms with Crippen LogP contribution >= 0.6 is 0 Å². The van der Waals surface area contributed by atoms with Crippen LogP contribution in [0.1, 0.15) is 51.2 Å². The van der Waals surface area contributed by atoms with E-state index in [-0.39, 0.29) is 16.7 Å². The lowest BCUT2D eigenvalue weighted by atomic mass is 9.88. The van der Waals surface area contributed by atoms with Gasteiger partial charge >= 0.3 is 0 Å². The summed E-state index contributed by atoms with van der Waals surface area (Å²) in [6.45, 7) is 4.63. The summed E-state index contributed by atoms with van der Waals surface area (Å²) < 4.78 is 83.9. The highest BCUT2D eigenvalue weighted by atomic mass is 14.9. The fraction of sp³-hybridized carbons (Fsp3) is 0.320. The van der Waals surface area contributed by atoms with Gasteiger partial charge in [0.05, 0.1) is 6.85 Å². The van der Waals surface area contributed by atoms with Gasteiger partial charge in [-0.15, -0.1) is 0 Å². The van der Waals surface area contributed by atoms with Crippen LogP contribution in [-0.4, -0.2) is 0 Å². The maximum absolute atomic E-state index is 8.58. The summed E-state index contributed by atoms with van der Waals surface area (Å²) in [6, 6.07) is 3.90. The minimum absolute atomic E-state index is 0.0432. The van der Waals surface area contributed by atoms with E-state index in [1.807, 2.05) is 20.8 Å². The van der Waals surface area contributed by atoms with Crippen molar-refractivity contribution in [3.63, 3.8) is 0 Å². The van der Waals surface area contributed by atoms with Crippen molar-refractivity contribution < 1.29 is 18.3 Å². The summed E-state index contributed by atoms with van der Waals surface area (Å²) in [7, 11) is 1.76. The molecular formula is C25H30N+. The highest BCUT2D eigenvalue weighted by Gasteiger charge is 2.18. The molecule has 0 aliphatic heterocycles. The van der Waals surface area contributed by atoms with Crippen LogP contribution in [0.4, 0.5) is 0 Å². The zero-order valence-corrected chi connectivity index (χ0v) is 15.8. The Kier molecular flexibility index (Phi) is 2.58. The molecule has 134 valence electrons. The zero-order valence-electron chi connectivity index (χ0n) is 25.8. The number of pyridine rings is 1. The van der Waals surface area contributed by atoms with Crippen molar-refractivity contribution in [1.29, 1.82) is 0 Å². The van der Waals surface area contributed by atoms with Crippen LogP contribution < -0.4 is 4.57 Å². The minimum Gasteiger partial charge on any atom is -0.201 e. The standard InChI is InChI=1S/C25H30N/c1-18-14-19(2)23(15-22(18)21-10-8-7-9-11-21)24-13-12-20(17-26(24)6)16-25(3,4)5/h7-15,17H,16H2,1-6H3/q+1/i1D3,7D,8D,9D,10D,11D,16D2. The molecule has 1 heteroatoms. The average Bonchev–Trinajstić information content (AvgIpc) is 2.75. The number of hydrogen-bond acceptors (Lipinski definition) is 0. The van der Waals surface area contributed by atoms with Gasteiger partial charge in [-0.05, 0) is 60.0 Å². The second kappa shape index (κ2) is 7.07. The van der Waals surface area contributed by atoms with Crippen molar-refractivity contribution in [1.82, 2.24) is 0 Å². The van der Waals surface area contributed by atoms with E-state index >= 15 is 0 Å². The second-order valence-electron chi connectivity index (χ2n) is 7.50. The van der Waals surface area contributed by atoms with E-state index < -0.39 is 48.9 Å². The predicted octanol–water partition coefficient (Wildman–Crippen LogP) is 6.05. The molecule has 0 aliphatic carbocycles. The molecule has 0 radical (unpaired) electrons. The van der Waals surface area contributed by atoms with Gasteiger partial charge in [-0.1, -0.05) is 57.0 Å². The largest absolute Gasteiger partial charge is 0.212 e. The first kappa shape index (κ1) is 9.50. The SMILES string of the molecule is [2H]c1c([2H])c([2H])c(-c2cc(-c3ccc(C([2H])([2H])C(C)(C)C)c[n+]3C)c(C)cc2C([2H])([2H])[2H])c([2H])c1[2H]. The Balaban J connectivity index is 2.36. The van der Waals surface area contributed by atoms with Gasteiger partial charge < -0.3 is 0 Å². The van der Waals surface area contributed by atoms with Crippen molar-refractivity contribution >= 4 is 0 Å². The molecule has 1 aromatic heterocycles. The van der Waals surface area contributed by atoms with Gasteiger partial charge in [0, 0.05) is 24.0 Å². The third-order valence-corrected chi connectivity index (χ3v) is 4.06. The Morgan fingerprint density at radius 3 is 2.38 bits per heavy atom. The summed E-state index contributed by atoms with van der Waals surface area (Å²) in [5.41, 5.74) is 1.50. The van der Waals surface area contributed by atoms with Crippen molar-refractivity contribution in [2.75, 3.05) is 0 Å². The fourth-order valence-electron chi connectivity index (χ4n) is 2.97. The first-order valence-corrected chi connectivity index (χ1v) is 8.53. The van der Waals surface area contributed by atoms with Gasteiger partial charge in [0.15, 0.2) is 6.20 Å². The van der Waals surface area contributed by atoms with Crippen LogP contribution in [0.15, 0.2) is 60.7 Å². The molecule has 0 fully saturated rings. The minimum atomic E-state index is -2.59. The number of aromatic nitrogens is 1. The smallest absolute Gasteiger partial charge is 0.201 e. The lowest BCUT2D eigenvalue weighted by molar-refractivity contribution is -0.660. The number of benzene rings is 2. The van der Waals surface area contributed by atoms with E-state index in [0.717, 1.165) is 0 Å². The van der Waals surface area contributed by atoms with Gasteiger partial charge in [0.25, 0.3) is 0 Å². The highest BCUT2D eigenvalue weighted by molar-refractivity contribution is 5.75. The molecule has 1 nitrogen and oxygen atoms in total. The van der Waals surface area contributed by atoms with Gasteiger partial charge in [-0.3, -0.25) is 0 Å². The Morgan fingerprint density at radius 1 is 1.04 bits per heavy atom. The van der Waals surface area contributed by atoms with E-state index in [1.165, 1.54) is 6.07 Å². The van der Waals surface area contributed by atoms with E-state index in [9.17, 15) is 0 Å². The molecule has 2 aromatic carbocycles. The van der Waals surface area contributed by atoms with Crippen LogP contribution in [-0.2, 0) is 13.4 Å². The van der Waals surface area contributed by atoms with Crippen LogP contribution in [0.25, 0.3) is 22.4 Å². The lowest BCUT2D eigenvalue weighted by Crippen LogP contribution is -2.32. The molecule has 3 rings (SSSR count). The second-order valence-corrected chi connectivity index (χ2v) is 7.50. The predicted molar refractivity (Wildman–Crippen MR) is 111 cm³/mol. The summed E-state index contributed by atoms with van der Waals surface area (Å²) in [5, 5.41) is 0. The Hall–Kier alpha value is -2.41. The van der Waals surface area contributed by atoms with Crippen LogP contribution in [0, 0.1) is 19.2 Å². The zero-order chi connectivity index (χ0) is 27.5. The summed E-state index contributed by atoms with van der Waals surface area (Å²) in [5.74, 6) is 0. The quantitative estimate of drug-likeness (QED) is 0.504. The van der Waals surface area contributed by atoms with Gasteiger partial charge in [-0.25, -0.2) is 4.57 Å². The maximum atomic E-state index is 8.58. The molecule has 0 saturated carbocycles. The number of aryl methyl sites for hydroxylation is 3. The third-order valence-electron chi connectivity index (χ3n) is 4.06. The molecular weight excluding hydrogens is 314 g/mol. The molecule has 0 atom stereocenters. The van der Waals surface area contributed by atoms with E-state index in [2.05, 4.69) is 0 Å². The summed E-state index contributed by atoms with van der Waals surface area (Å²) >= 11 is 0. The fourth-order valence-corrected chi connectivity index (χ4v) is 2.97. The topological polar surface area (TPSA) is 3.88 Å². The third kappa shape index (κ3) is 4.04. The van der Waals surface area contributed by atoms with Crippen molar-refractivity contribution in [3.8, 4) is 22.4 Å². The first-order valence-electron chi connectivity index (χ1n) is 13.5. The van der Waals surface area contributed by atoms with Gasteiger partial charge in [0.2, 0.25) is 5.69 Å². The summed E-state index contributed by atoms with van der Waals surface area (Å²) in [4.78, 5) is 0. The molecule has 0 amide bonds. The van der Waals surface area contributed by atoms with E-state index in [0.29, 0.717) is 22.4 Å². The van der Waals surface area contributed by atoms with Crippen LogP contribution in [0.5, 0.6) is 0 Å². The molecule has 0 aliphatic rings. The van der Waals surface area contributed by atoms with Crippen molar-refractivity contribution in [2.24, 2.45) is 12.5 Å². The normalized spacial score (nSPS) is 18.2. The highest BCUT2D eigenvalue weighted by Crippen LogP contribution is 2.31. The molecule has 1 heterocycles. The summed E-state index contributed by atoms with van der Waals surface area (Å²) in [6.07, 6.45) is 0.0871. The molecule has 26 heavy (non-hydrogen) atoms. The van der Waals surface area contributed by atoms with Crippen molar-refractivity contribution in [3.05, 3.63) is 77.4 Å².